The quantitative estimate of drug-likeness (QED) is 0.265. The number of benzene rings is 2. The number of nitrogens with zero attached hydrogens (tertiary/aromatic N) is 4. The Hall–Kier alpha value is -3.56. The fourth-order valence-electron chi connectivity index (χ4n) is 8.27. The number of hydrogen-bond donors (Lipinski definition) is 1. The van der Waals surface area contributed by atoms with Gasteiger partial charge in [0.1, 0.15) is 6.04 Å². The minimum absolute atomic E-state index is 0.00107. The summed E-state index contributed by atoms with van der Waals surface area (Å²) in [5.41, 5.74) is 2.55. The molecule has 5 rings (SSSR count). The fraction of sp³-hybridized carbons (Fsp3) is 0.500. The maximum atomic E-state index is 15.1. The Balaban J connectivity index is 1.61. The SMILES string of the molecule is C=CCN(C(=O)C1N([C@@H](CO)C(C)C)C(=O)[C@@H]2[C@H](C(=O)N(CC=C)c3ccccc3)[C@@H]3CC(C)C12S3)c1ccc(N(CC)CC)cc1. The van der Waals surface area contributed by atoms with Crippen molar-refractivity contribution in [2.75, 3.05) is 47.5 Å². The normalized spacial score (nSPS) is 26.7. The highest BCUT2D eigenvalue weighted by molar-refractivity contribution is 8.02. The number of carbonyl (C=O) groups excluding carboxylic acids is 3. The van der Waals surface area contributed by atoms with Crippen LogP contribution in [0.2, 0.25) is 0 Å². The van der Waals surface area contributed by atoms with Crippen LogP contribution in [0.5, 0.6) is 0 Å². The highest BCUT2D eigenvalue weighted by Crippen LogP contribution is 2.69. The summed E-state index contributed by atoms with van der Waals surface area (Å²) in [6.45, 7) is 20.2. The maximum absolute atomic E-state index is 15.1. The lowest BCUT2D eigenvalue weighted by Gasteiger charge is -2.43. The van der Waals surface area contributed by atoms with Gasteiger partial charge in [-0.3, -0.25) is 14.4 Å². The molecule has 3 unspecified atom stereocenters. The zero-order valence-electron chi connectivity index (χ0n) is 28.4. The zero-order chi connectivity index (χ0) is 34.0. The standard InChI is InChI=1S/C38H50N4O4S/c1-8-21-40(28-15-13-12-14-16-28)35(44)32-31-23-26(7)38(47-31)33(32)36(45)42(30(24-43)25(5)6)34(38)37(46)41(22-9-2)29-19-17-27(18-20-29)39(10-3)11-4/h8-9,12-20,25-26,30-34,43H,1-2,10-11,21-24H2,3-7H3/t26?,30-,31-,32+,33-,34?,38?/m0/s1. The Morgan fingerprint density at radius 3 is 2.04 bits per heavy atom. The van der Waals surface area contributed by atoms with Gasteiger partial charge in [-0.05, 0) is 68.5 Å². The predicted molar refractivity (Wildman–Crippen MR) is 193 cm³/mol. The predicted octanol–water partition coefficient (Wildman–Crippen LogP) is 5.63. The topological polar surface area (TPSA) is 84.4 Å². The number of likely N-dealkylation sites (tertiary alicyclic amines) is 1. The van der Waals surface area contributed by atoms with Crippen LogP contribution >= 0.6 is 11.8 Å². The van der Waals surface area contributed by atoms with Gasteiger partial charge in [-0.1, -0.05) is 51.1 Å². The second kappa shape index (κ2) is 14.3. The second-order valence-corrected chi connectivity index (χ2v) is 14.8. The number of para-hydroxylation sites is 1. The van der Waals surface area contributed by atoms with E-state index in [1.807, 2.05) is 68.4 Å². The number of fused-ring (bicyclic) bond motifs is 1. The monoisotopic (exact) mass is 658 g/mol. The molecule has 2 aromatic rings. The summed E-state index contributed by atoms with van der Waals surface area (Å²) < 4.78 is -0.821. The first-order chi connectivity index (χ1) is 22.6. The van der Waals surface area contributed by atoms with Gasteiger partial charge in [0.25, 0.3) is 5.91 Å². The number of anilines is 3. The average molecular weight is 659 g/mol. The van der Waals surface area contributed by atoms with Crippen LogP contribution in [0.15, 0.2) is 79.9 Å². The molecule has 0 saturated carbocycles. The van der Waals surface area contributed by atoms with Crippen molar-refractivity contribution >= 4 is 46.5 Å². The second-order valence-electron chi connectivity index (χ2n) is 13.3. The van der Waals surface area contributed by atoms with E-state index in [0.29, 0.717) is 6.54 Å². The first kappa shape index (κ1) is 34.8. The molecular weight excluding hydrogens is 609 g/mol. The van der Waals surface area contributed by atoms with Crippen molar-refractivity contribution in [2.45, 2.75) is 63.1 Å². The van der Waals surface area contributed by atoms with Gasteiger partial charge in [-0.2, -0.15) is 0 Å². The third-order valence-corrected chi connectivity index (χ3v) is 12.6. The van der Waals surface area contributed by atoms with Gasteiger partial charge in [0.05, 0.1) is 29.2 Å². The van der Waals surface area contributed by atoms with Crippen LogP contribution in [0.25, 0.3) is 0 Å². The van der Waals surface area contributed by atoms with Crippen LogP contribution in [0.3, 0.4) is 0 Å². The molecule has 0 aromatic heterocycles. The van der Waals surface area contributed by atoms with E-state index < -0.39 is 28.7 Å². The Labute approximate surface area is 284 Å². The fourth-order valence-corrected chi connectivity index (χ4v) is 10.7. The largest absolute Gasteiger partial charge is 0.394 e. The average Bonchev–Trinajstić information content (AvgIpc) is 3.67. The molecule has 252 valence electrons. The van der Waals surface area contributed by atoms with E-state index >= 15 is 4.79 Å². The molecule has 2 bridgehead atoms. The molecule has 1 N–H and O–H groups in total. The van der Waals surface area contributed by atoms with Gasteiger partial charge in [-0.25, -0.2) is 0 Å². The number of thioether (sulfide) groups is 1. The summed E-state index contributed by atoms with van der Waals surface area (Å²) in [4.78, 5) is 52.0. The van der Waals surface area contributed by atoms with E-state index in [-0.39, 0.29) is 48.0 Å². The molecule has 3 amide bonds. The highest BCUT2D eigenvalue weighted by atomic mass is 32.2. The summed E-state index contributed by atoms with van der Waals surface area (Å²) in [6, 6.07) is 16.0. The third-order valence-electron chi connectivity index (χ3n) is 10.5. The number of rotatable bonds is 14. The van der Waals surface area contributed by atoms with E-state index in [0.717, 1.165) is 36.6 Å². The molecule has 3 fully saturated rings. The highest BCUT2D eigenvalue weighted by Gasteiger charge is 2.77. The van der Waals surface area contributed by atoms with Gasteiger partial charge in [0, 0.05) is 48.5 Å². The van der Waals surface area contributed by atoms with E-state index in [1.54, 1.807) is 38.6 Å². The Kier molecular flexibility index (Phi) is 10.6. The molecule has 3 heterocycles. The van der Waals surface area contributed by atoms with E-state index in [2.05, 4.69) is 38.8 Å². The minimum atomic E-state index is -0.852. The Morgan fingerprint density at radius 1 is 0.957 bits per heavy atom. The van der Waals surface area contributed by atoms with Crippen molar-refractivity contribution in [2.24, 2.45) is 23.7 Å². The van der Waals surface area contributed by atoms with E-state index in [9.17, 15) is 14.7 Å². The van der Waals surface area contributed by atoms with Crippen LogP contribution in [-0.4, -0.2) is 82.6 Å². The third kappa shape index (κ3) is 5.79. The van der Waals surface area contributed by atoms with E-state index in [1.165, 1.54) is 0 Å². The van der Waals surface area contributed by atoms with Gasteiger partial charge in [0.2, 0.25) is 11.8 Å². The molecule has 7 atom stereocenters. The van der Waals surface area contributed by atoms with Gasteiger partial charge >= 0.3 is 0 Å². The van der Waals surface area contributed by atoms with Crippen LogP contribution in [-0.2, 0) is 14.4 Å². The number of amides is 3. The van der Waals surface area contributed by atoms with Crippen LogP contribution in [0.4, 0.5) is 17.1 Å². The summed E-state index contributed by atoms with van der Waals surface area (Å²) in [7, 11) is 0. The van der Waals surface area contributed by atoms with Crippen LogP contribution in [0, 0.1) is 23.7 Å². The van der Waals surface area contributed by atoms with Crippen molar-refractivity contribution in [3.63, 3.8) is 0 Å². The first-order valence-corrected chi connectivity index (χ1v) is 17.8. The van der Waals surface area contributed by atoms with Crippen molar-refractivity contribution in [3.8, 4) is 0 Å². The first-order valence-electron chi connectivity index (χ1n) is 17.0. The molecule has 8 nitrogen and oxygen atoms in total. The number of aliphatic hydroxyl groups excluding tert-OH is 1. The van der Waals surface area contributed by atoms with E-state index in [4.69, 9.17) is 0 Å². The molecule has 3 aliphatic rings. The molecule has 0 radical (unpaired) electrons. The van der Waals surface area contributed by atoms with Gasteiger partial charge < -0.3 is 24.7 Å². The van der Waals surface area contributed by atoms with Crippen LogP contribution in [0.1, 0.15) is 41.0 Å². The molecular formula is C38H50N4O4S. The zero-order valence-corrected chi connectivity index (χ0v) is 29.2. The summed E-state index contributed by atoms with van der Waals surface area (Å²) in [5.74, 6) is -1.93. The molecule has 47 heavy (non-hydrogen) atoms. The van der Waals surface area contributed by atoms with Crippen molar-refractivity contribution in [1.82, 2.24) is 4.90 Å². The van der Waals surface area contributed by atoms with Crippen molar-refractivity contribution in [1.29, 1.82) is 0 Å². The summed E-state index contributed by atoms with van der Waals surface area (Å²) in [5, 5.41) is 10.6. The maximum Gasteiger partial charge on any atom is 0.251 e. The number of hydrogen-bond acceptors (Lipinski definition) is 6. The lowest BCUT2D eigenvalue weighted by molar-refractivity contribution is -0.142. The molecule has 9 heteroatoms. The summed E-state index contributed by atoms with van der Waals surface area (Å²) >= 11 is 1.65. The number of carbonyl (C=O) groups is 3. The molecule has 2 aromatic carbocycles. The molecule has 3 saturated heterocycles. The lowest BCUT2D eigenvalue weighted by atomic mass is 9.65. The number of aliphatic hydroxyl groups is 1. The van der Waals surface area contributed by atoms with Crippen molar-refractivity contribution in [3.05, 3.63) is 79.9 Å². The lowest BCUT2D eigenvalue weighted by Crippen LogP contribution is -2.60. The van der Waals surface area contributed by atoms with Gasteiger partial charge in [0.15, 0.2) is 0 Å². The van der Waals surface area contributed by atoms with Crippen LogP contribution < -0.4 is 14.7 Å². The summed E-state index contributed by atoms with van der Waals surface area (Å²) in [6.07, 6.45) is 4.14. The Morgan fingerprint density at radius 2 is 1.51 bits per heavy atom. The van der Waals surface area contributed by atoms with Gasteiger partial charge in [-0.15, -0.1) is 24.9 Å². The minimum Gasteiger partial charge on any atom is -0.394 e. The smallest absolute Gasteiger partial charge is 0.251 e. The molecule has 0 aliphatic carbocycles. The molecule has 1 spiro atoms. The molecule has 3 aliphatic heterocycles. The van der Waals surface area contributed by atoms with Crippen molar-refractivity contribution < 1.29 is 19.5 Å². The Bertz CT molecular complexity index is 1460.